The Kier molecular flexibility index (Phi) is 3.16. The first-order valence-electron chi connectivity index (χ1n) is 8.23. The van der Waals surface area contributed by atoms with Crippen molar-refractivity contribution in [2.24, 2.45) is 0 Å². The average molecular weight is 329 g/mol. The van der Waals surface area contributed by atoms with E-state index in [2.05, 4.69) is 25.5 Å². The minimum Gasteiger partial charge on any atom is -0.323 e. The fourth-order valence-electron chi connectivity index (χ4n) is 2.94. The smallest absolute Gasteiger partial charge is 0.227 e. The number of pyridine rings is 1. The highest BCUT2D eigenvalue weighted by molar-refractivity contribution is 5.81. The molecule has 0 spiro atoms. The second-order valence-electron chi connectivity index (χ2n) is 6.07. The maximum atomic E-state index is 4.70. The second-order valence-corrected chi connectivity index (χ2v) is 6.07. The highest BCUT2D eigenvalue weighted by atomic mass is 15.4. The van der Waals surface area contributed by atoms with Crippen LogP contribution >= 0.6 is 0 Å². The molecule has 1 fully saturated rings. The molecule has 4 aromatic rings. The largest absolute Gasteiger partial charge is 0.323 e. The molecule has 1 aliphatic rings. The normalized spacial score (nSPS) is 13.9. The number of rotatable bonds is 4. The maximum absolute atomic E-state index is 4.70. The molecule has 0 saturated heterocycles. The summed E-state index contributed by atoms with van der Waals surface area (Å²) in [5, 5.41) is 12.2. The molecule has 4 aromatic heterocycles. The lowest BCUT2D eigenvalue weighted by molar-refractivity contribution is 0.773. The standard InChI is InChI=1S/C18H15N7/c1-3-13(11-19-8-1)22-18-20-10-7-14(23-18)16-15-4-2-9-21-25(15)24-17(16)12-5-6-12/h1-4,7-12H,5-6H2,(H,20,22,23). The minimum absolute atomic E-state index is 0.501. The molecule has 0 aliphatic heterocycles. The summed E-state index contributed by atoms with van der Waals surface area (Å²) in [5.74, 6) is 1.04. The number of hydrogen-bond donors (Lipinski definition) is 1. The van der Waals surface area contributed by atoms with E-state index in [0.717, 1.165) is 28.2 Å². The van der Waals surface area contributed by atoms with Gasteiger partial charge in [0, 0.05) is 24.5 Å². The Morgan fingerprint density at radius 2 is 1.96 bits per heavy atom. The molecule has 0 radical (unpaired) electrons. The Morgan fingerprint density at radius 1 is 1.04 bits per heavy atom. The number of fused-ring (bicyclic) bond motifs is 1. The van der Waals surface area contributed by atoms with Crippen molar-refractivity contribution in [3.63, 3.8) is 0 Å². The van der Waals surface area contributed by atoms with Crippen LogP contribution in [-0.2, 0) is 0 Å². The molecule has 7 nitrogen and oxygen atoms in total. The molecule has 5 rings (SSSR count). The Hall–Kier alpha value is -3.35. The zero-order valence-corrected chi connectivity index (χ0v) is 13.4. The summed E-state index contributed by atoms with van der Waals surface area (Å²) in [6.45, 7) is 0. The predicted molar refractivity (Wildman–Crippen MR) is 93.5 cm³/mol. The van der Waals surface area contributed by atoms with E-state index in [0.29, 0.717) is 11.9 Å². The lowest BCUT2D eigenvalue weighted by Crippen LogP contribution is -1.98. The zero-order valence-electron chi connectivity index (χ0n) is 13.4. The van der Waals surface area contributed by atoms with Crippen LogP contribution in [0.25, 0.3) is 16.8 Å². The number of nitrogens with zero attached hydrogens (tertiary/aromatic N) is 6. The molecule has 1 saturated carbocycles. The van der Waals surface area contributed by atoms with Crippen molar-refractivity contribution in [1.82, 2.24) is 29.8 Å². The van der Waals surface area contributed by atoms with Crippen molar-refractivity contribution in [3.05, 3.63) is 60.8 Å². The molecule has 1 aliphatic carbocycles. The maximum Gasteiger partial charge on any atom is 0.227 e. The van der Waals surface area contributed by atoms with E-state index >= 15 is 0 Å². The molecule has 4 heterocycles. The van der Waals surface area contributed by atoms with Crippen LogP contribution < -0.4 is 5.32 Å². The summed E-state index contributed by atoms with van der Waals surface area (Å²) in [6.07, 6.45) is 9.32. The summed E-state index contributed by atoms with van der Waals surface area (Å²) in [7, 11) is 0. The topological polar surface area (TPSA) is 80.9 Å². The molecule has 0 aromatic carbocycles. The molecular weight excluding hydrogens is 314 g/mol. The van der Waals surface area contributed by atoms with Crippen LogP contribution in [-0.4, -0.2) is 29.8 Å². The van der Waals surface area contributed by atoms with Gasteiger partial charge in [0.1, 0.15) is 0 Å². The van der Waals surface area contributed by atoms with Crippen LogP contribution in [0.1, 0.15) is 24.5 Å². The van der Waals surface area contributed by atoms with Crippen molar-refractivity contribution < 1.29 is 0 Å². The van der Waals surface area contributed by atoms with Crippen molar-refractivity contribution in [2.75, 3.05) is 5.32 Å². The van der Waals surface area contributed by atoms with Gasteiger partial charge in [-0.2, -0.15) is 14.8 Å². The zero-order chi connectivity index (χ0) is 16.6. The van der Waals surface area contributed by atoms with Crippen molar-refractivity contribution in [2.45, 2.75) is 18.8 Å². The number of hydrogen-bond acceptors (Lipinski definition) is 6. The van der Waals surface area contributed by atoms with Gasteiger partial charge in [-0.3, -0.25) is 4.98 Å². The summed E-state index contributed by atoms with van der Waals surface area (Å²) in [6, 6.07) is 9.67. The third-order valence-electron chi connectivity index (χ3n) is 4.24. The van der Waals surface area contributed by atoms with Gasteiger partial charge in [-0.15, -0.1) is 0 Å². The van der Waals surface area contributed by atoms with E-state index in [9.17, 15) is 0 Å². The SMILES string of the molecule is c1cncc(Nc2nccc(-c3c(C4CC4)nn4ncccc34)n2)c1. The van der Waals surface area contributed by atoms with Crippen LogP contribution in [0, 0.1) is 0 Å². The van der Waals surface area contributed by atoms with Gasteiger partial charge in [0.2, 0.25) is 5.95 Å². The highest BCUT2D eigenvalue weighted by Crippen LogP contribution is 2.44. The molecule has 0 atom stereocenters. The summed E-state index contributed by atoms with van der Waals surface area (Å²) in [5.41, 5.74) is 4.79. The van der Waals surface area contributed by atoms with E-state index in [4.69, 9.17) is 4.98 Å². The average Bonchev–Trinajstić information content (AvgIpc) is 3.43. The minimum atomic E-state index is 0.501. The molecule has 7 heteroatoms. The van der Waals surface area contributed by atoms with E-state index < -0.39 is 0 Å². The molecule has 0 bridgehead atoms. The van der Waals surface area contributed by atoms with Crippen LogP contribution in [0.15, 0.2) is 55.1 Å². The van der Waals surface area contributed by atoms with Crippen molar-refractivity contribution in [1.29, 1.82) is 0 Å². The van der Waals surface area contributed by atoms with Gasteiger partial charge in [0.15, 0.2) is 0 Å². The fraction of sp³-hybridized carbons (Fsp3) is 0.167. The Labute approximate surface area is 143 Å². The molecule has 0 unspecified atom stereocenters. The van der Waals surface area contributed by atoms with Gasteiger partial charge in [-0.05, 0) is 43.2 Å². The first kappa shape index (κ1) is 14.0. The van der Waals surface area contributed by atoms with E-state index in [1.807, 2.05) is 30.3 Å². The highest BCUT2D eigenvalue weighted by Gasteiger charge is 2.31. The lowest BCUT2D eigenvalue weighted by atomic mass is 10.1. The van der Waals surface area contributed by atoms with Crippen molar-refractivity contribution >= 4 is 17.2 Å². The van der Waals surface area contributed by atoms with E-state index in [-0.39, 0.29) is 0 Å². The molecular formula is C18H15N7. The summed E-state index contributed by atoms with van der Waals surface area (Å²) >= 11 is 0. The van der Waals surface area contributed by atoms with Gasteiger partial charge < -0.3 is 5.32 Å². The number of nitrogens with one attached hydrogen (secondary N) is 1. The van der Waals surface area contributed by atoms with Crippen LogP contribution in [0.2, 0.25) is 0 Å². The third kappa shape index (κ3) is 2.59. The van der Waals surface area contributed by atoms with Gasteiger partial charge in [0.05, 0.1) is 34.4 Å². The van der Waals surface area contributed by atoms with E-state index in [1.54, 1.807) is 29.4 Å². The fourth-order valence-corrected chi connectivity index (χ4v) is 2.94. The van der Waals surface area contributed by atoms with Crippen LogP contribution in [0.5, 0.6) is 0 Å². The van der Waals surface area contributed by atoms with Gasteiger partial charge in [0.25, 0.3) is 0 Å². The first-order chi connectivity index (χ1) is 12.4. The second kappa shape index (κ2) is 5.62. The third-order valence-corrected chi connectivity index (χ3v) is 4.24. The Morgan fingerprint density at radius 3 is 2.80 bits per heavy atom. The van der Waals surface area contributed by atoms with E-state index in [1.165, 1.54) is 12.8 Å². The first-order valence-corrected chi connectivity index (χ1v) is 8.23. The molecule has 122 valence electrons. The Bertz CT molecular complexity index is 1040. The number of anilines is 2. The summed E-state index contributed by atoms with van der Waals surface area (Å²) < 4.78 is 1.69. The molecule has 25 heavy (non-hydrogen) atoms. The van der Waals surface area contributed by atoms with Crippen LogP contribution in [0.3, 0.4) is 0 Å². The number of aromatic nitrogens is 6. The van der Waals surface area contributed by atoms with Crippen molar-refractivity contribution in [3.8, 4) is 11.3 Å². The molecule has 0 amide bonds. The van der Waals surface area contributed by atoms with Gasteiger partial charge >= 0.3 is 0 Å². The van der Waals surface area contributed by atoms with Gasteiger partial charge in [-0.25, -0.2) is 9.97 Å². The molecule has 1 N–H and O–H groups in total. The quantitative estimate of drug-likeness (QED) is 0.619. The van der Waals surface area contributed by atoms with Gasteiger partial charge in [-0.1, -0.05) is 0 Å². The lowest BCUT2D eigenvalue weighted by Gasteiger charge is -2.06. The predicted octanol–water partition coefficient (Wildman–Crippen LogP) is 3.20. The summed E-state index contributed by atoms with van der Waals surface area (Å²) in [4.78, 5) is 13.1. The monoisotopic (exact) mass is 329 g/mol. The van der Waals surface area contributed by atoms with Crippen LogP contribution in [0.4, 0.5) is 11.6 Å². The Balaban J connectivity index is 1.61.